The molecule has 1 N–H and O–H groups in total. The van der Waals surface area contributed by atoms with E-state index in [4.69, 9.17) is 4.74 Å². The van der Waals surface area contributed by atoms with Crippen molar-refractivity contribution in [2.75, 3.05) is 19.8 Å². The molecule has 0 aliphatic carbocycles. The van der Waals surface area contributed by atoms with Gasteiger partial charge in [-0.25, -0.2) is 0 Å². The SMILES string of the molecule is C[C@@H]1CCOCCN1C(=O)C[C@@](C)(O)c1ccccc1. The van der Waals surface area contributed by atoms with Crippen LogP contribution in [0.4, 0.5) is 0 Å². The molecule has 0 bridgehead atoms. The fourth-order valence-corrected chi connectivity index (χ4v) is 2.56. The van der Waals surface area contributed by atoms with Crippen LogP contribution in [0.25, 0.3) is 0 Å². The van der Waals surface area contributed by atoms with E-state index in [1.165, 1.54) is 0 Å². The molecule has 0 saturated carbocycles. The molecule has 1 aromatic rings. The summed E-state index contributed by atoms with van der Waals surface area (Å²) in [5.41, 5.74) is -0.363. The van der Waals surface area contributed by atoms with Crippen LogP contribution in [0, 0.1) is 0 Å². The first-order valence-corrected chi connectivity index (χ1v) is 7.16. The van der Waals surface area contributed by atoms with Crippen molar-refractivity contribution >= 4 is 5.91 Å². The van der Waals surface area contributed by atoms with Gasteiger partial charge in [-0.05, 0) is 25.8 Å². The van der Waals surface area contributed by atoms with E-state index < -0.39 is 5.60 Å². The second-order valence-electron chi connectivity index (χ2n) is 5.65. The van der Waals surface area contributed by atoms with Crippen LogP contribution in [-0.2, 0) is 15.1 Å². The highest BCUT2D eigenvalue weighted by Gasteiger charge is 2.31. The van der Waals surface area contributed by atoms with Crippen LogP contribution in [0.3, 0.4) is 0 Å². The van der Waals surface area contributed by atoms with E-state index in [-0.39, 0.29) is 18.4 Å². The number of aliphatic hydroxyl groups is 1. The summed E-state index contributed by atoms with van der Waals surface area (Å²) in [6.45, 7) is 5.59. The van der Waals surface area contributed by atoms with E-state index in [0.717, 1.165) is 12.0 Å². The van der Waals surface area contributed by atoms with Gasteiger partial charge in [0.05, 0.1) is 18.6 Å². The van der Waals surface area contributed by atoms with Gasteiger partial charge in [-0.15, -0.1) is 0 Å². The van der Waals surface area contributed by atoms with Gasteiger partial charge in [-0.1, -0.05) is 30.3 Å². The third-order valence-corrected chi connectivity index (χ3v) is 3.90. The quantitative estimate of drug-likeness (QED) is 0.918. The lowest BCUT2D eigenvalue weighted by molar-refractivity contribution is -0.138. The Kier molecular flexibility index (Phi) is 4.78. The molecule has 2 rings (SSSR count). The molecule has 0 radical (unpaired) electrons. The number of benzene rings is 1. The lowest BCUT2D eigenvalue weighted by atomic mass is 9.92. The number of rotatable bonds is 3. The van der Waals surface area contributed by atoms with Crippen molar-refractivity contribution in [1.29, 1.82) is 0 Å². The van der Waals surface area contributed by atoms with E-state index in [0.29, 0.717) is 19.8 Å². The number of hydrogen-bond acceptors (Lipinski definition) is 3. The van der Waals surface area contributed by atoms with Crippen LogP contribution in [0.15, 0.2) is 30.3 Å². The van der Waals surface area contributed by atoms with E-state index >= 15 is 0 Å². The zero-order valence-electron chi connectivity index (χ0n) is 12.2. The molecule has 110 valence electrons. The van der Waals surface area contributed by atoms with Crippen LogP contribution < -0.4 is 0 Å². The number of hydrogen-bond donors (Lipinski definition) is 1. The Hall–Kier alpha value is -1.39. The molecular weight excluding hydrogens is 254 g/mol. The maximum atomic E-state index is 12.5. The first-order chi connectivity index (χ1) is 9.50. The highest BCUT2D eigenvalue weighted by atomic mass is 16.5. The topological polar surface area (TPSA) is 49.8 Å². The van der Waals surface area contributed by atoms with Crippen molar-refractivity contribution in [3.63, 3.8) is 0 Å². The second-order valence-corrected chi connectivity index (χ2v) is 5.65. The molecule has 4 nitrogen and oxygen atoms in total. The molecule has 1 amide bonds. The van der Waals surface area contributed by atoms with Crippen LogP contribution in [0.5, 0.6) is 0 Å². The smallest absolute Gasteiger partial charge is 0.226 e. The third kappa shape index (κ3) is 3.58. The first-order valence-electron chi connectivity index (χ1n) is 7.16. The van der Waals surface area contributed by atoms with Crippen LogP contribution in [-0.4, -0.2) is 41.7 Å². The number of nitrogens with zero attached hydrogens (tertiary/aromatic N) is 1. The summed E-state index contributed by atoms with van der Waals surface area (Å²) in [4.78, 5) is 14.3. The zero-order chi connectivity index (χ0) is 14.6. The summed E-state index contributed by atoms with van der Waals surface area (Å²) in [6.07, 6.45) is 0.945. The van der Waals surface area contributed by atoms with E-state index in [9.17, 15) is 9.90 Å². The summed E-state index contributed by atoms with van der Waals surface area (Å²) in [6, 6.07) is 9.50. The molecule has 0 aromatic heterocycles. The molecule has 2 atom stereocenters. The number of carbonyl (C=O) groups excluding carboxylic acids is 1. The van der Waals surface area contributed by atoms with Crippen molar-refractivity contribution < 1.29 is 14.6 Å². The van der Waals surface area contributed by atoms with E-state index in [1.807, 2.05) is 42.2 Å². The Labute approximate surface area is 120 Å². The monoisotopic (exact) mass is 277 g/mol. The van der Waals surface area contributed by atoms with Crippen molar-refractivity contribution in [2.45, 2.75) is 38.3 Å². The first kappa shape index (κ1) is 15.0. The average molecular weight is 277 g/mol. The maximum Gasteiger partial charge on any atom is 0.226 e. The lowest BCUT2D eigenvalue weighted by Gasteiger charge is -2.31. The molecule has 4 heteroatoms. The molecule has 1 aliphatic heterocycles. The fraction of sp³-hybridized carbons (Fsp3) is 0.562. The highest BCUT2D eigenvalue weighted by Crippen LogP contribution is 2.26. The summed E-state index contributed by atoms with van der Waals surface area (Å²) >= 11 is 0. The zero-order valence-corrected chi connectivity index (χ0v) is 12.2. The van der Waals surface area contributed by atoms with Gasteiger partial charge in [-0.3, -0.25) is 4.79 Å². The Bertz CT molecular complexity index is 444. The molecule has 1 heterocycles. The largest absolute Gasteiger partial charge is 0.385 e. The maximum absolute atomic E-state index is 12.5. The molecule has 0 spiro atoms. The Balaban J connectivity index is 2.06. The Morgan fingerprint density at radius 2 is 2.10 bits per heavy atom. The number of amides is 1. The standard InChI is InChI=1S/C16H23NO3/c1-13-8-10-20-11-9-17(13)15(18)12-16(2,19)14-6-4-3-5-7-14/h3-7,13,19H,8-12H2,1-2H3/t13-,16-/m1/s1. The van der Waals surface area contributed by atoms with Crippen molar-refractivity contribution in [3.05, 3.63) is 35.9 Å². The Morgan fingerprint density at radius 1 is 1.40 bits per heavy atom. The molecule has 1 saturated heterocycles. The van der Waals surface area contributed by atoms with Gasteiger partial charge in [0, 0.05) is 19.2 Å². The van der Waals surface area contributed by atoms with Crippen LogP contribution in [0.1, 0.15) is 32.3 Å². The summed E-state index contributed by atoms with van der Waals surface area (Å²) in [7, 11) is 0. The average Bonchev–Trinajstić information content (AvgIpc) is 2.64. The van der Waals surface area contributed by atoms with Crippen molar-refractivity contribution in [1.82, 2.24) is 4.90 Å². The minimum absolute atomic E-state index is 0.0168. The molecule has 1 aliphatic rings. The second kappa shape index (κ2) is 6.37. The van der Waals surface area contributed by atoms with Gasteiger partial charge >= 0.3 is 0 Å². The molecule has 20 heavy (non-hydrogen) atoms. The van der Waals surface area contributed by atoms with Gasteiger partial charge < -0.3 is 14.7 Å². The van der Waals surface area contributed by atoms with Gasteiger partial charge in [0.1, 0.15) is 0 Å². The molecule has 0 unspecified atom stereocenters. The Morgan fingerprint density at radius 3 is 2.80 bits per heavy atom. The highest BCUT2D eigenvalue weighted by molar-refractivity contribution is 5.77. The van der Waals surface area contributed by atoms with E-state index in [2.05, 4.69) is 0 Å². The van der Waals surface area contributed by atoms with Crippen molar-refractivity contribution in [3.8, 4) is 0 Å². The summed E-state index contributed by atoms with van der Waals surface area (Å²) in [5.74, 6) is -0.0168. The van der Waals surface area contributed by atoms with Gasteiger partial charge in [0.25, 0.3) is 0 Å². The number of carbonyl (C=O) groups is 1. The number of ether oxygens (including phenoxy) is 1. The van der Waals surface area contributed by atoms with Gasteiger partial charge in [0.15, 0.2) is 0 Å². The fourth-order valence-electron chi connectivity index (χ4n) is 2.56. The minimum Gasteiger partial charge on any atom is -0.385 e. The predicted molar refractivity (Wildman–Crippen MR) is 77.2 cm³/mol. The van der Waals surface area contributed by atoms with Crippen LogP contribution >= 0.6 is 0 Å². The van der Waals surface area contributed by atoms with E-state index in [1.54, 1.807) is 6.92 Å². The molecular formula is C16H23NO3. The van der Waals surface area contributed by atoms with Crippen LogP contribution in [0.2, 0.25) is 0 Å². The van der Waals surface area contributed by atoms with Crippen molar-refractivity contribution in [2.24, 2.45) is 0 Å². The normalized spacial score (nSPS) is 22.9. The minimum atomic E-state index is -1.13. The van der Waals surface area contributed by atoms with Gasteiger partial charge in [0.2, 0.25) is 5.91 Å². The summed E-state index contributed by atoms with van der Waals surface area (Å²) < 4.78 is 5.40. The molecule has 1 fully saturated rings. The summed E-state index contributed by atoms with van der Waals surface area (Å²) in [5, 5.41) is 10.6. The van der Waals surface area contributed by atoms with Gasteiger partial charge in [-0.2, -0.15) is 0 Å². The lowest BCUT2D eigenvalue weighted by Crippen LogP contribution is -2.42. The predicted octanol–water partition coefficient (Wildman–Crippen LogP) is 1.92. The molecule has 1 aromatic carbocycles. The third-order valence-electron chi connectivity index (χ3n) is 3.90.